The molecule has 1 aromatic heterocycles. The van der Waals surface area contributed by atoms with Crippen LogP contribution in [0.5, 0.6) is 0 Å². The van der Waals surface area contributed by atoms with E-state index in [1.54, 1.807) is 6.20 Å². The summed E-state index contributed by atoms with van der Waals surface area (Å²) >= 11 is 5.89. The van der Waals surface area contributed by atoms with E-state index >= 15 is 0 Å². The van der Waals surface area contributed by atoms with Crippen LogP contribution < -0.4 is 4.90 Å². The molecule has 0 aromatic carbocycles. The Morgan fingerprint density at radius 1 is 1.05 bits per heavy atom. The van der Waals surface area contributed by atoms with Gasteiger partial charge in [0.2, 0.25) is 0 Å². The van der Waals surface area contributed by atoms with Crippen molar-refractivity contribution in [2.24, 2.45) is 5.92 Å². The molecular formula is C16H24ClN3. The van der Waals surface area contributed by atoms with Crippen LogP contribution in [0, 0.1) is 5.92 Å². The number of piperazine rings is 1. The maximum absolute atomic E-state index is 5.89. The Bertz CT molecular complexity index is 406. The smallest absolute Gasteiger partial charge is 0.128 e. The quantitative estimate of drug-likeness (QED) is 0.851. The molecule has 0 spiro atoms. The molecule has 0 amide bonds. The zero-order valence-corrected chi connectivity index (χ0v) is 12.9. The predicted molar refractivity (Wildman–Crippen MR) is 84.5 cm³/mol. The van der Waals surface area contributed by atoms with E-state index in [2.05, 4.69) is 14.8 Å². The highest BCUT2D eigenvalue weighted by atomic mass is 35.5. The van der Waals surface area contributed by atoms with Gasteiger partial charge in [-0.15, -0.1) is 0 Å². The standard InChI is InChI=1S/C16H24ClN3/c17-15-6-7-16(18-12-15)20-10-8-19(9-11-20)13-14-4-2-1-3-5-14/h6-7,12,14H,1-5,8-11,13H2. The molecule has 4 heteroatoms. The van der Waals surface area contributed by atoms with Gasteiger partial charge in [0.25, 0.3) is 0 Å². The molecule has 20 heavy (non-hydrogen) atoms. The van der Waals surface area contributed by atoms with Gasteiger partial charge in [0.1, 0.15) is 5.82 Å². The summed E-state index contributed by atoms with van der Waals surface area (Å²) in [5, 5.41) is 0.713. The molecule has 0 N–H and O–H groups in total. The molecule has 3 rings (SSSR count). The van der Waals surface area contributed by atoms with Gasteiger partial charge in [-0.3, -0.25) is 4.90 Å². The number of aromatic nitrogens is 1. The number of halogens is 1. The van der Waals surface area contributed by atoms with Crippen LogP contribution in [0.4, 0.5) is 5.82 Å². The third kappa shape index (κ3) is 3.64. The van der Waals surface area contributed by atoms with E-state index < -0.39 is 0 Å². The van der Waals surface area contributed by atoms with Gasteiger partial charge in [-0.1, -0.05) is 30.9 Å². The molecule has 0 atom stereocenters. The van der Waals surface area contributed by atoms with Crippen LogP contribution in [0.1, 0.15) is 32.1 Å². The molecule has 0 radical (unpaired) electrons. The highest BCUT2D eigenvalue weighted by Crippen LogP contribution is 2.25. The first kappa shape index (κ1) is 14.2. The second-order valence-corrected chi connectivity index (χ2v) is 6.56. The van der Waals surface area contributed by atoms with Crippen molar-refractivity contribution in [2.45, 2.75) is 32.1 Å². The van der Waals surface area contributed by atoms with Crippen molar-refractivity contribution in [2.75, 3.05) is 37.6 Å². The van der Waals surface area contributed by atoms with Crippen LogP contribution in [0.3, 0.4) is 0 Å². The van der Waals surface area contributed by atoms with E-state index in [9.17, 15) is 0 Å². The van der Waals surface area contributed by atoms with E-state index in [1.165, 1.54) is 51.7 Å². The van der Waals surface area contributed by atoms with Gasteiger partial charge in [0.15, 0.2) is 0 Å². The number of hydrogen-bond donors (Lipinski definition) is 0. The molecule has 0 unspecified atom stereocenters. The Morgan fingerprint density at radius 2 is 1.80 bits per heavy atom. The maximum Gasteiger partial charge on any atom is 0.128 e. The van der Waals surface area contributed by atoms with Gasteiger partial charge in [0.05, 0.1) is 5.02 Å². The van der Waals surface area contributed by atoms with Crippen LogP contribution in [0.25, 0.3) is 0 Å². The minimum atomic E-state index is 0.713. The largest absolute Gasteiger partial charge is 0.354 e. The highest BCUT2D eigenvalue weighted by molar-refractivity contribution is 6.30. The maximum atomic E-state index is 5.89. The average Bonchev–Trinajstić information content (AvgIpc) is 2.50. The van der Waals surface area contributed by atoms with Crippen molar-refractivity contribution in [3.8, 4) is 0 Å². The van der Waals surface area contributed by atoms with Crippen LogP contribution in [0.2, 0.25) is 5.02 Å². The summed E-state index contributed by atoms with van der Waals surface area (Å²) in [6.45, 7) is 5.81. The Labute approximate surface area is 126 Å². The zero-order valence-electron chi connectivity index (χ0n) is 12.1. The van der Waals surface area contributed by atoms with Crippen LogP contribution in [-0.2, 0) is 0 Å². The second kappa shape index (κ2) is 6.77. The normalized spacial score (nSPS) is 22.1. The topological polar surface area (TPSA) is 19.4 Å². The van der Waals surface area contributed by atoms with Crippen LogP contribution >= 0.6 is 11.6 Å². The predicted octanol–water partition coefficient (Wildman–Crippen LogP) is 3.44. The van der Waals surface area contributed by atoms with Gasteiger partial charge in [-0.05, 0) is 30.9 Å². The molecular weight excluding hydrogens is 270 g/mol. The molecule has 2 fully saturated rings. The molecule has 1 aliphatic carbocycles. The zero-order chi connectivity index (χ0) is 13.8. The summed E-state index contributed by atoms with van der Waals surface area (Å²) in [6.07, 6.45) is 8.97. The average molecular weight is 294 g/mol. The van der Waals surface area contributed by atoms with E-state index in [-0.39, 0.29) is 0 Å². The SMILES string of the molecule is Clc1ccc(N2CCN(CC3CCCCC3)CC2)nc1. The molecule has 110 valence electrons. The lowest BCUT2D eigenvalue weighted by molar-refractivity contribution is 0.192. The van der Waals surface area contributed by atoms with Crippen molar-refractivity contribution in [3.63, 3.8) is 0 Å². The monoisotopic (exact) mass is 293 g/mol. The van der Waals surface area contributed by atoms with Gasteiger partial charge in [0, 0.05) is 38.9 Å². The summed E-state index contributed by atoms with van der Waals surface area (Å²) < 4.78 is 0. The summed E-state index contributed by atoms with van der Waals surface area (Å²) in [7, 11) is 0. The molecule has 3 nitrogen and oxygen atoms in total. The highest BCUT2D eigenvalue weighted by Gasteiger charge is 2.21. The Morgan fingerprint density at radius 3 is 2.45 bits per heavy atom. The summed E-state index contributed by atoms with van der Waals surface area (Å²) in [4.78, 5) is 9.43. The van der Waals surface area contributed by atoms with Crippen molar-refractivity contribution in [1.29, 1.82) is 0 Å². The molecule has 2 aliphatic rings. The summed E-state index contributed by atoms with van der Waals surface area (Å²) in [6, 6.07) is 3.96. The molecule has 1 aliphatic heterocycles. The van der Waals surface area contributed by atoms with Gasteiger partial charge in [-0.25, -0.2) is 4.98 Å². The van der Waals surface area contributed by atoms with Crippen molar-refractivity contribution < 1.29 is 0 Å². The molecule has 1 saturated heterocycles. The fourth-order valence-electron chi connectivity index (χ4n) is 3.45. The van der Waals surface area contributed by atoms with E-state index in [0.717, 1.165) is 24.8 Å². The Hall–Kier alpha value is -0.800. The van der Waals surface area contributed by atoms with E-state index in [1.807, 2.05) is 12.1 Å². The minimum absolute atomic E-state index is 0.713. The third-order valence-corrected chi connectivity index (χ3v) is 4.87. The number of anilines is 1. The minimum Gasteiger partial charge on any atom is -0.354 e. The molecule has 2 heterocycles. The lowest BCUT2D eigenvalue weighted by Crippen LogP contribution is -2.48. The number of pyridine rings is 1. The van der Waals surface area contributed by atoms with Crippen molar-refractivity contribution in [1.82, 2.24) is 9.88 Å². The lowest BCUT2D eigenvalue weighted by Gasteiger charge is -2.37. The summed E-state index contributed by atoms with van der Waals surface area (Å²) in [5.74, 6) is 2.01. The number of nitrogens with zero attached hydrogens (tertiary/aromatic N) is 3. The molecule has 0 bridgehead atoms. The second-order valence-electron chi connectivity index (χ2n) is 6.13. The fourth-order valence-corrected chi connectivity index (χ4v) is 3.56. The Balaban J connectivity index is 1.47. The number of hydrogen-bond acceptors (Lipinski definition) is 3. The van der Waals surface area contributed by atoms with E-state index in [0.29, 0.717) is 5.02 Å². The van der Waals surface area contributed by atoms with Gasteiger partial charge < -0.3 is 4.90 Å². The van der Waals surface area contributed by atoms with E-state index in [4.69, 9.17) is 11.6 Å². The van der Waals surface area contributed by atoms with Gasteiger partial charge >= 0.3 is 0 Å². The number of rotatable bonds is 3. The summed E-state index contributed by atoms with van der Waals surface area (Å²) in [5.41, 5.74) is 0. The third-order valence-electron chi connectivity index (χ3n) is 4.65. The Kier molecular flexibility index (Phi) is 4.79. The van der Waals surface area contributed by atoms with Crippen molar-refractivity contribution in [3.05, 3.63) is 23.4 Å². The first-order valence-electron chi connectivity index (χ1n) is 7.90. The first-order chi connectivity index (χ1) is 9.81. The van der Waals surface area contributed by atoms with Crippen LogP contribution in [0.15, 0.2) is 18.3 Å². The van der Waals surface area contributed by atoms with Gasteiger partial charge in [-0.2, -0.15) is 0 Å². The van der Waals surface area contributed by atoms with Crippen LogP contribution in [-0.4, -0.2) is 42.6 Å². The fraction of sp³-hybridized carbons (Fsp3) is 0.688. The molecule has 1 aromatic rings. The first-order valence-corrected chi connectivity index (χ1v) is 8.28. The molecule has 1 saturated carbocycles. The van der Waals surface area contributed by atoms with Crippen molar-refractivity contribution >= 4 is 17.4 Å². The lowest BCUT2D eigenvalue weighted by atomic mass is 9.89.